The van der Waals surface area contributed by atoms with Crippen LogP contribution in [0.5, 0.6) is 0 Å². The van der Waals surface area contributed by atoms with Crippen LogP contribution >= 0.6 is 22.9 Å². The van der Waals surface area contributed by atoms with Crippen molar-refractivity contribution in [2.75, 3.05) is 11.1 Å². The molecule has 106 valence electrons. The van der Waals surface area contributed by atoms with Crippen molar-refractivity contribution in [2.45, 2.75) is 0 Å². The van der Waals surface area contributed by atoms with Crippen LogP contribution in [0.4, 0.5) is 15.8 Å². The molecule has 4 nitrogen and oxygen atoms in total. The SMILES string of the molecule is Nc1c(C(=O)Nc2c(F)cccc2Cl)sc2cccnc12. The summed E-state index contributed by atoms with van der Waals surface area (Å²) in [6.07, 6.45) is 1.60. The molecule has 0 saturated carbocycles. The maximum Gasteiger partial charge on any atom is 0.268 e. The van der Waals surface area contributed by atoms with Gasteiger partial charge in [-0.3, -0.25) is 9.78 Å². The number of nitrogen functional groups attached to an aromatic ring is 1. The second-order valence-electron chi connectivity index (χ2n) is 4.25. The zero-order valence-corrected chi connectivity index (χ0v) is 12.1. The van der Waals surface area contributed by atoms with Gasteiger partial charge in [0.05, 0.1) is 21.1 Å². The van der Waals surface area contributed by atoms with Crippen molar-refractivity contribution in [3.8, 4) is 0 Å². The molecule has 0 bridgehead atoms. The lowest BCUT2D eigenvalue weighted by Gasteiger charge is -2.07. The Balaban J connectivity index is 2.00. The van der Waals surface area contributed by atoms with E-state index in [1.54, 1.807) is 12.3 Å². The maximum absolute atomic E-state index is 13.7. The molecule has 2 aromatic heterocycles. The van der Waals surface area contributed by atoms with Crippen LogP contribution in [0.3, 0.4) is 0 Å². The molecule has 0 radical (unpaired) electrons. The maximum atomic E-state index is 13.7. The highest BCUT2D eigenvalue weighted by Crippen LogP contribution is 2.33. The van der Waals surface area contributed by atoms with Gasteiger partial charge in [-0.15, -0.1) is 11.3 Å². The molecule has 7 heteroatoms. The standard InChI is InChI=1S/C14H9ClFN3OS/c15-7-3-1-4-8(16)11(7)19-14(20)13-10(17)12-9(21-13)5-2-6-18-12/h1-6H,17H2,(H,19,20). The molecule has 0 atom stereocenters. The second kappa shape index (κ2) is 5.31. The van der Waals surface area contributed by atoms with Crippen molar-refractivity contribution in [1.29, 1.82) is 0 Å². The van der Waals surface area contributed by atoms with Crippen LogP contribution in [0.1, 0.15) is 9.67 Å². The molecule has 1 aromatic carbocycles. The number of aromatic nitrogens is 1. The van der Waals surface area contributed by atoms with Crippen LogP contribution < -0.4 is 11.1 Å². The van der Waals surface area contributed by atoms with E-state index in [1.165, 1.54) is 29.5 Å². The number of nitrogens with two attached hydrogens (primary N) is 1. The van der Waals surface area contributed by atoms with E-state index >= 15 is 0 Å². The fourth-order valence-electron chi connectivity index (χ4n) is 1.90. The number of pyridine rings is 1. The third-order valence-corrected chi connectivity index (χ3v) is 4.36. The number of amides is 1. The lowest BCUT2D eigenvalue weighted by molar-refractivity contribution is 0.103. The predicted octanol–water partition coefficient (Wildman–Crippen LogP) is 3.92. The van der Waals surface area contributed by atoms with Gasteiger partial charge in [0.25, 0.3) is 5.91 Å². The molecule has 0 aliphatic heterocycles. The summed E-state index contributed by atoms with van der Waals surface area (Å²) in [5.41, 5.74) is 6.71. The van der Waals surface area contributed by atoms with Crippen LogP contribution in [-0.4, -0.2) is 10.9 Å². The van der Waals surface area contributed by atoms with E-state index in [0.29, 0.717) is 5.52 Å². The number of benzene rings is 1. The van der Waals surface area contributed by atoms with Gasteiger partial charge in [-0.1, -0.05) is 17.7 Å². The van der Waals surface area contributed by atoms with E-state index in [1.807, 2.05) is 6.07 Å². The minimum Gasteiger partial charge on any atom is -0.396 e. The number of carbonyl (C=O) groups is 1. The van der Waals surface area contributed by atoms with E-state index in [9.17, 15) is 9.18 Å². The van der Waals surface area contributed by atoms with E-state index in [4.69, 9.17) is 17.3 Å². The zero-order chi connectivity index (χ0) is 15.0. The summed E-state index contributed by atoms with van der Waals surface area (Å²) in [6.45, 7) is 0. The van der Waals surface area contributed by atoms with E-state index in [-0.39, 0.29) is 21.3 Å². The van der Waals surface area contributed by atoms with Gasteiger partial charge < -0.3 is 11.1 Å². The highest BCUT2D eigenvalue weighted by atomic mass is 35.5. The summed E-state index contributed by atoms with van der Waals surface area (Å²) >= 11 is 7.08. The van der Waals surface area contributed by atoms with Crippen molar-refractivity contribution in [3.05, 3.63) is 52.2 Å². The van der Waals surface area contributed by atoms with Gasteiger partial charge in [0.15, 0.2) is 0 Å². The first-order valence-electron chi connectivity index (χ1n) is 5.96. The largest absolute Gasteiger partial charge is 0.396 e. The minimum absolute atomic E-state index is 0.0611. The number of nitrogens with zero attached hydrogens (tertiary/aromatic N) is 1. The minimum atomic E-state index is -0.603. The highest BCUT2D eigenvalue weighted by molar-refractivity contribution is 7.21. The fourth-order valence-corrected chi connectivity index (χ4v) is 3.09. The number of halogens is 2. The van der Waals surface area contributed by atoms with Crippen molar-refractivity contribution in [3.63, 3.8) is 0 Å². The van der Waals surface area contributed by atoms with E-state index in [2.05, 4.69) is 10.3 Å². The molecule has 1 amide bonds. The summed E-state index contributed by atoms with van der Waals surface area (Å²) in [7, 11) is 0. The first-order valence-corrected chi connectivity index (χ1v) is 7.15. The zero-order valence-electron chi connectivity index (χ0n) is 10.6. The number of para-hydroxylation sites is 1. The molecule has 2 heterocycles. The normalized spacial score (nSPS) is 10.8. The Hall–Kier alpha value is -2.18. The molecule has 0 fully saturated rings. The topological polar surface area (TPSA) is 68.0 Å². The summed E-state index contributed by atoms with van der Waals surface area (Å²) in [5.74, 6) is -1.11. The monoisotopic (exact) mass is 321 g/mol. The second-order valence-corrected chi connectivity index (χ2v) is 5.71. The number of hydrogen-bond acceptors (Lipinski definition) is 4. The number of anilines is 2. The summed E-state index contributed by atoms with van der Waals surface area (Å²) < 4.78 is 14.5. The summed E-state index contributed by atoms with van der Waals surface area (Å²) in [5, 5.41) is 2.58. The number of rotatable bonds is 2. The molecular formula is C14H9ClFN3OS. The molecule has 0 aliphatic carbocycles. The molecule has 0 spiro atoms. The average Bonchev–Trinajstić information content (AvgIpc) is 2.81. The number of thiophene rings is 1. The van der Waals surface area contributed by atoms with Crippen molar-refractivity contribution >= 4 is 50.4 Å². The van der Waals surface area contributed by atoms with E-state index < -0.39 is 11.7 Å². The van der Waals surface area contributed by atoms with Crippen molar-refractivity contribution in [1.82, 2.24) is 4.98 Å². The number of hydrogen-bond donors (Lipinski definition) is 2. The smallest absolute Gasteiger partial charge is 0.268 e. The Bertz CT molecular complexity index is 829. The molecule has 0 saturated heterocycles. The van der Waals surface area contributed by atoms with Crippen LogP contribution in [0.15, 0.2) is 36.5 Å². The first kappa shape index (κ1) is 13.8. The summed E-state index contributed by atoms with van der Waals surface area (Å²) in [6, 6.07) is 7.75. The Morgan fingerprint density at radius 1 is 1.33 bits per heavy atom. The Kier molecular flexibility index (Phi) is 3.48. The molecular weight excluding hydrogens is 313 g/mol. The molecule has 0 unspecified atom stereocenters. The Morgan fingerprint density at radius 2 is 2.14 bits per heavy atom. The first-order chi connectivity index (χ1) is 10.1. The number of nitrogens with one attached hydrogen (secondary N) is 1. The van der Waals surface area contributed by atoms with Gasteiger partial charge in [0.1, 0.15) is 16.2 Å². The molecule has 3 N–H and O–H groups in total. The molecule has 3 rings (SSSR count). The van der Waals surface area contributed by atoms with Crippen LogP contribution in [-0.2, 0) is 0 Å². The van der Waals surface area contributed by atoms with Gasteiger partial charge in [0.2, 0.25) is 0 Å². The highest BCUT2D eigenvalue weighted by Gasteiger charge is 2.19. The van der Waals surface area contributed by atoms with E-state index in [0.717, 1.165) is 4.70 Å². The van der Waals surface area contributed by atoms with Crippen LogP contribution in [0, 0.1) is 5.82 Å². The molecule has 3 aromatic rings. The van der Waals surface area contributed by atoms with Gasteiger partial charge in [0, 0.05) is 6.20 Å². The average molecular weight is 322 g/mol. The molecule has 21 heavy (non-hydrogen) atoms. The number of fused-ring (bicyclic) bond motifs is 1. The lowest BCUT2D eigenvalue weighted by Crippen LogP contribution is -2.13. The Labute approximate surface area is 128 Å². The fraction of sp³-hybridized carbons (Fsp3) is 0. The van der Waals surface area contributed by atoms with Crippen molar-refractivity contribution < 1.29 is 9.18 Å². The van der Waals surface area contributed by atoms with Gasteiger partial charge in [-0.25, -0.2) is 4.39 Å². The van der Waals surface area contributed by atoms with Crippen LogP contribution in [0.2, 0.25) is 5.02 Å². The number of carbonyl (C=O) groups excluding carboxylic acids is 1. The third-order valence-electron chi connectivity index (χ3n) is 2.89. The third kappa shape index (κ3) is 2.43. The predicted molar refractivity (Wildman–Crippen MR) is 83.4 cm³/mol. The van der Waals surface area contributed by atoms with Gasteiger partial charge in [-0.05, 0) is 24.3 Å². The van der Waals surface area contributed by atoms with Crippen LogP contribution in [0.25, 0.3) is 10.2 Å². The quantitative estimate of drug-likeness (QED) is 0.751. The van der Waals surface area contributed by atoms with Crippen molar-refractivity contribution in [2.24, 2.45) is 0 Å². The Morgan fingerprint density at radius 3 is 2.86 bits per heavy atom. The van der Waals surface area contributed by atoms with Gasteiger partial charge >= 0.3 is 0 Å². The molecule has 0 aliphatic rings. The summed E-state index contributed by atoms with van der Waals surface area (Å²) in [4.78, 5) is 16.7. The van der Waals surface area contributed by atoms with Gasteiger partial charge in [-0.2, -0.15) is 0 Å². The lowest BCUT2D eigenvalue weighted by atomic mass is 10.2.